The minimum absolute atomic E-state index is 0.271. The predicted molar refractivity (Wildman–Crippen MR) is 41.4 cm³/mol. The van der Waals surface area contributed by atoms with Crippen LogP contribution >= 0.6 is 0 Å². The van der Waals surface area contributed by atoms with Gasteiger partial charge in [0.05, 0.1) is 6.54 Å². The van der Waals surface area contributed by atoms with Crippen molar-refractivity contribution in [2.24, 2.45) is 0 Å². The summed E-state index contributed by atoms with van der Waals surface area (Å²) in [6, 6.07) is 0. The number of carbonyl (C=O) groups excluding carboxylic acids is 1. The van der Waals surface area contributed by atoms with Crippen molar-refractivity contribution in [2.45, 2.75) is 20.4 Å². The average molecular weight is 169 g/mol. The lowest BCUT2D eigenvalue weighted by molar-refractivity contribution is -0.141. The summed E-state index contributed by atoms with van der Waals surface area (Å²) in [4.78, 5) is 14.3. The number of rotatable bonds is 3. The number of hydrogen-bond acceptors (Lipinski definition) is 4. The molecule has 12 heavy (non-hydrogen) atoms. The Morgan fingerprint density at radius 2 is 2.50 bits per heavy atom. The molecule has 1 aromatic rings. The molecule has 0 N–H and O–H groups in total. The molecule has 1 rings (SSSR count). The Balaban J connectivity index is 2.29. The molecule has 0 atom stereocenters. The fourth-order valence-electron chi connectivity index (χ4n) is 0.778. The molecule has 0 aliphatic rings. The first-order valence-electron chi connectivity index (χ1n) is 3.68. The van der Waals surface area contributed by atoms with E-state index in [1.807, 2.05) is 6.92 Å². The summed E-state index contributed by atoms with van der Waals surface area (Å²) in [5, 5.41) is 4.02. The number of nitrogens with zero attached hydrogens (tertiary/aromatic N) is 3. The molecular weight excluding hydrogens is 158 g/mol. The smallest absolute Gasteiger partial charge is 0.302 e. The van der Waals surface area contributed by atoms with E-state index in [9.17, 15) is 4.79 Å². The Morgan fingerprint density at radius 1 is 1.75 bits per heavy atom. The second-order valence-corrected chi connectivity index (χ2v) is 2.39. The maximum Gasteiger partial charge on any atom is 0.302 e. The van der Waals surface area contributed by atoms with Crippen LogP contribution < -0.4 is 0 Å². The first-order valence-corrected chi connectivity index (χ1v) is 3.68. The van der Waals surface area contributed by atoms with Gasteiger partial charge in [-0.2, -0.15) is 5.10 Å². The lowest BCUT2D eigenvalue weighted by Crippen LogP contribution is -2.09. The molecule has 0 aliphatic carbocycles. The number of aromatic nitrogens is 3. The van der Waals surface area contributed by atoms with Gasteiger partial charge >= 0.3 is 5.97 Å². The van der Waals surface area contributed by atoms with Crippen LogP contribution in [0.2, 0.25) is 0 Å². The highest BCUT2D eigenvalue weighted by molar-refractivity contribution is 5.65. The number of aryl methyl sites for hydroxylation is 1. The van der Waals surface area contributed by atoms with Crippen molar-refractivity contribution in [2.75, 3.05) is 6.61 Å². The first-order chi connectivity index (χ1) is 5.68. The molecule has 0 spiro atoms. The Kier molecular flexibility index (Phi) is 2.79. The Morgan fingerprint density at radius 3 is 3.00 bits per heavy atom. The Labute approximate surface area is 70.4 Å². The van der Waals surface area contributed by atoms with E-state index < -0.39 is 0 Å². The van der Waals surface area contributed by atoms with Crippen LogP contribution in [0.15, 0.2) is 6.33 Å². The van der Waals surface area contributed by atoms with Gasteiger partial charge in [0.1, 0.15) is 18.8 Å². The fraction of sp³-hybridized carbons (Fsp3) is 0.571. The molecule has 0 aliphatic heterocycles. The molecule has 1 heterocycles. The van der Waals surface area contributed by atoms with Gasteiger partial charge in [-0.1, -0.05) is 0 Å². The molecule has 0 bridgehead atoms. The third-order valence-corrected chi connectivity index (χ3v) is 1.28. The van der Waals surface area contributed by atoms with E-state index in [1.165, 1.54) is 6.92 Å². The van der Waals surface area contributed by atoms with Crippen LogP contribution in [0, 0.1) is 6.92 Å². The van der Waals surface area contributed by atoms with Gasteiger partial charge < -0.3 is 4.74 Å². The van der Waals surface area contributed by atoms with Crippen LogP contribution in [0.25, 0.3) is 0 Å². The maximum absolute atomic E-state index is 10.4. The molecule has 0 saturated heterocycles. The third-order valence-electron chi connectivity index (χ3n) is 1.28. The van der Waals surface area contributed by atoms with Crippen LogP contribution in [0.4, 0.5) is 0 Å². The summed E-state index contributed by atoms with van der Waals surface area (Å²) in [6.07, 6.45) is 1.61. The second-order valence-electron chi connectivity index (χ2n) is 2.39. The standard InChI is InChI=1S/C7H11N3O2/c1-6-8-5-10(9-6)3-4-12-7(2)11/h5H,3-4H2,1-2H3. The fourth-order valence-corrected chi connectivity index (χ4v) is 0.778. The van der Waals surface area contributed by atoms with Crippen LogP contribution in [-0.2, 0) is 16.1 Å². The van der Waals surface area contributed by atoms with Gasteiger partial charge in [-0.15, -0.1) is 0 Å². The summed E-state index contributed by atoms with van der Waals surface area (Å²) in [6.45, 7) is 4.09. The zero-order valence-corrected chi connectivity index (χ0v) is 7.15. The van der Waals surface area contributed by atoms with Gasteiger partial charge in [-0.25, -0.2) is 9.67 Å². The summed E-state index contributed by atoms with van der Waals surface area (Å²) in [5.41, 5.74) is 0. The zero-order valence-electron chi connectivity index (χ0n) is 7.15. The van der Waals surface area contributed by atoms with Crippen LogP contribution in [-0.4, -0.2) is 27.3 Å². The first kappa shape index (κ1) is 8.70. The second kappa shape index (κ2) is 3.85. The molecule has 1 aromatic heterocycles. The van der Waals surface area contributed by atoms with Crippen molar-refractivity contribution in [1.29, 1.82) is 0 Å². The Bertz CT molecular complexity index is 269. The predicted octanol–water partition coefficient (Wildman–Crippen LogP) is 0.150. The largest absolute Gasteiger partial charge is 0.464 e. The van der Waals surface area contributed by atoms with Crippen LogP contribution in [0.1, 0.15) is 12.7 Å². The number of carbonyl (C=O) groups is 1. The summed E-state index contributed by atoms with van der Waals surface area (Å²) in [5.74, 6) is 0.449. The zero-order chi connectivity index (χ0) is 8.97. The van der Waals surface area contributed by atoms with Gasteiger partial charge in [0, 0.05) is 6.92 Å². The molecule has 0 unspecified atom stereocenters. The average Bonchev–Trinajstić information content (AvgIpc) is 2.35. The van der Waals surface area contributed by atoms with E-state index in [0.29, 0.717) is 13.2 Å². The van der Waals surface area contributed by atoms with Crippen molar-refractivity contribution in [3.8, 4) is 0 Å². The number of ether oxygens (including phenoxy) is 1. The van der Waals surface area contributed by atoms with Crippen molar-refractivity contribution >= 4 is 5.97 Å². The van der Waals surface area contributed by atoms with Crippen molar-refractivity contribution < 1.29 is 9.53 Å². The van der Waals surface area contributed by atoms with Crippen LogP contribution in [0.3, 0.4) is 0 Å². The topological polar surface area (TPSA) is 57.0 Å². The minimum atomic E-state index is -0.271. The highest BCUT2D eigenvalue weighted by Gasteiger charge is 1.96. The molecule has 0 fully saturated rings. The Hall–Kier alpha value is -1.39. The van der Waals surface area contributed by atoms with Gasteiger partial charge in [0.25, 0.3) is 0 Å². The van der Waals surface area contributed by atoms with E-state index in [0.717, 1.165) is 5.82 Å². The quantitative estimate of drug-likeness (QED) is 0.604. The van der Waals surface area contributed by atoms with E-state index in [-0.39, 0.29) is 5.97 Å². The SMILES string of the molecule is CC(=O)OCCn1cnc(C)n1. The van der Waals surface area contributed by atoms with E-state index in [2.05, 4.69) is 10.1 Å². The summed E-state index contributed by atoms with van der Waals surface area (Å²) >= 11 is 0. The van der Waals surface area contributed by atoms with Gasteiger partial charge in [-0.05, 0) is 6.92 Å². The lowest BCUT2D eigenvalue weighted by Gasteiger charge is -2.00. The van der Waals surface area contributed by atoms with Crippen molar-refractivity contribution in [1.82, 2.24) is 14.8 Å². The van der Waals surface area contributed by atoms with Crippen LogP contribution in [0.5, 0.6) is 0 Å². The molecule has 0 saturated carbocycles. The molecule has 5 heteroatoms. The van der Waals surface area contributed by atoms with E-state index >= 15 is 0 Å². The lowest BCUT2D eigenvalue weighted by atomic mass is 10.7. The van der Waals surface area contributed by atoms with Crippen molar-refractivity contribution in [3.05, 3.63) is 12.2 Å². The van der Waals surface area contributed by atoms with Gasteiger partial charge in [0.2, 0.25) is 0 Å². The molecule has 0 aromatic carbocycles. The number of esters is 1. The molecule has 0 amide bonds. The summed E-state index contributed by atoms with van der Waals surface area (Å²) < 4.78 is 6.36. The van der Waals surface area contributed by atoms with Crippen molar-refractivity contribution in [3.63, 3.8) is 0 Å². The van der Waals surface area contributed by atoms with Gasteiger partial charge in [-0.3, -0.25) is 4.79 Å². The molecule has 0 radical (unpaired) electrons. The third kappa shape index (κ3) is 2.69. The highest BCUT2D eigenvalue weighted by Crippen LogP contribution is 1.87. The molecular formula is C7H11N3O2. The number of hydrogen-bond donors (Lipinski definition) is 0. The summed E-state index contributed by atoms with van der Waals surface area (Å²) in [7, 11) is 0. The maximum atomic E-state index is 10.4. The molecule has 5 nitrogen and oxygen atoms in total. The normalized spacial score (nSPS) is 9.83. The monoisotopic (exact) mass is 169 g/mol. The van der Waals surface area contributed by atoms with E-state index in [4.69, 9.17) is 4.74 Å². The molecule has 66 valence electrons. The minimum Gasteiger partial charge on any atom is -0.464 e. The van der Waals surface area contributed by atoms with E-state index in [1.54, 1.807) is 11.0 Å². The highest BCUT2D eigenvalue weighted by atomic mass is 16.5. The van der Waals surface area contributed by atoms with Gasteiger partial charge in [0.15, 0.2) is 0 Å².